The number of carbonyl (C=O) groups excluding carboxylic acids is 1. The molecule has 2 fully saturated rings. The minimum atomic E-state index is 0.177. The number of aryl methyl sites for hydroxylation is 1. The number of likely N-dealkylation sites (tertiary alicyclic amines) is 2. The van der Waals surface area contributed by atoms with Crippen molar-refractivity contribution in [2.24, 2.45) is 5.92 Å². The predicted octanol–water partition coefficient (Wildman–Crippen LogP) is 2.88. The number of rotatable bonds is 9. The summed E-state index contributed by atoms with van der Waals surface area (Å²) in [7, 11) is 0. The van der Waals surface area contributed by atoms with E-state index in [2.05, 4.69) is 55.4 Å². The number of hydrogen-bond acceptors (Lipinski definition) is 4. The molecule has 0 bridgehead atoms. The number of amides is 1. The van der Waals surface area contributed by atoms with Gasteiger partial charge in [0.15, 0.2) is 0 Å². The maximum absolute atomic E-state index is 12.5. The van der Waals surface area contributed by atoms with Gasteiger partial charge in [0.2, 0.25) is 5.91 Å². The molecule has 1 aromatic heterocycles. The average Bonchev–Trinajstić information content (AvgIpc) is 3.34. The molecule has 4 rings (SSSR count). The van der Waals surface area contributed by atoms with Gasteiger partial charge < -0.3 is 20.1 Å². The van der Waals surface area contributed by atoms with Gasteiger partial charge in [-0.15, -0.1) is 0 Å². The summed E-state index contributed by atoms with van der Waals surface area (Å²) in [4.78, 5) is 24.9. The molecule has 0 spiro atoms. The maximum atomic E-state index is 12.5. The third-order valence-corrected chi connectivity index (χ3v) is 7.00. The lowest BCUT2D eigenvalue weighted by molar-refractivity contribution is -0.126. The van der Waals surface area contributed by atoms with Crippen molar-refractivity contribution in [1.82, 2.24) is 25.1 Å². The molecule has 1 aromatic carbocycles. The van der Waals surface area contributed by atoms with Crippen LogP contribution in [0.1, 0.15) is 43.4 Å². The minimum absolute atomic E-state index is 0.177. The first-order valence-electron chi connectivity index (χ1n) is 12.0. The highest BCUT2D eigenvalue weighted by molar-refractivity contribution is 5.78. The van der Waals surface area contributed by atoms with Crippen molar-refractivity contribution in [2.75, 3.05) is 39.3 Å². The molecule has 0 aliphatic carbocycles. The molecule has 0 radical (unpaired) electrons. The van der Waals surface area contributed by atoms with Gasteiger partial charge in [0, 0.05) is 36.8 Å². The van der Waals surface area contributed by atoms with Gasteiger partial charge in [0.1, 0.15) is 0 Å². The molecular weight excluding hydrogens is 386 g/mol. The quantitative estimate of drug-likeness (QED) is 0.651. The zero-order chi connectivity index (χ0) is 21.3. The number of nitrogens with zero attached hydrogens (tertiary/aromatic N) is 3. The highest BCUT2D eigenvalue weighted by Gasteiger charge is 2.30. The molecular formula is C25H37N5O. The molecule has 2 aromatic rings. The Bertz CT molecular complexity index is 762. The number of aromatic nitrogens is 2. The Balaban J connectivity index is 1.09. The second-order valence-electron chi connectivity index (χ2n) is 9.09. The molecule has 6 heteroatoms. The second-order valence-corrected chi connectivity index (χ2v) is 9.09. The number of H-pyrrole nitrogens is 1. The third-order valence-electron chi connectivity index (χ3n) is 7.00. The maximum Gasteiger partial charge on any atom is 0.223 e. The van der Waals surface area contributed by atoms with E-state index in [0.717, 1.165) is 38.0 Å². The van der Waals surface area contributed by atoms with Gasteiger partial charge in [0.25, 0.3) is 0 Å². The van der Waals surface area contributed by atoms with Crippen molar-refractivity contribution in [3.63, 3.8) is 0 Å². The summed E-state index contributed by atoms with van der Waals surface area (Å²) in [6.07, 6.45) is 11.3. The SMILES string of the molecule is O=C(NCCc1cnc[nH]1)C1CCN(C2CCN(CCCc3ccccc3)CC2)CC1. The molecule has 0 unspecified atom stereocenters. The Morgan fingerprint density at radius 3 is 2.52 bits per heavy atom. The van der Waals surface area contributed by atoms with Crippen LogP contribution in [0.3, 0.4) is 0 Å². The number of benzene rings is 1. The zero-order valence-corrected chi connectivity index (χ0v) is 18.6. The van der Waals surface area contributed by atoms with Crippen LogP contribution in [0.5, 0.6) is 0 Å². The predicted molar refractivity (Wildman–Crippen MR) is 124 cm³/mol. The lowest BCUT2D eigenvalue weighted by Crippen LogP contribution is -2.49. The van der Waals surface area contributed by atoms with E-state index in [9.17, 15) is 4.79 Å². The van der Waals surface area contributed by atoms with Gasteiger partial charge in [-0.3, -0.25) is 4.79 Å². The first-order valence-corrected chi connectivity index (χ1v) is 12.0. The largest absolute Gasteiger partial charge is 0.355 e. The van der Waals surface area contributed by atoms with Crippen LogP contribution in [0.25, 0.3) is 0 Å². The van der Waals surface area contributed by atoms with E-state index in [-0.39, 0.29) is 11.8 Å². The fourth-order valence-corrected chi connectivity index (χ4v) is 5.07. The summed E-state index contributed by atoms with van der Waals surface area (Å²) < 4.78 is 0. The number of carbonyl (C=O) groups is 1. The molecule has 1 amide bonds. The van der Waals surface area contributed by atoms with Gasteiger partial charge in [-0.1, -0.05) is 30.3 Å². The molecule has 3 heterocycles. The smallest absolute Gasteiger partial charge is 0.223 e. The van der Waals surface area contributed by atoms with E-state index < -0.39 is 0 Å². The van der Waals surface area contributed by atoms with Crippen LogP contribution >= 0.6 is 0 Å². The summed E-state index contributed by atoms with van der Waals surface area (Å²) in [5, 5.41) is 3.11. The third kappa shape index (κ3) is 6.65. The lowest BCUT2D eigenvalue weighted by atomic mass is 9.92. The topological polar surface area (TPSA) is 64.3 Å². The summed E-state index contributed by atoms with van der Waals surface area (Å²) >= 11 is 0. The van der Waals surface area contributed by atoms with Crippen LogP contribution in [-0.4, -0.2) is 71.0 Å². The number of hydrogen-bond donors (Lipinski definition) is 2. The highest BCUT2D eigenvalue weighted by atomic mass is 16.1. The highest BCUT2D eigenvalue weighted by Crippen LogP contribution is 2.24. The second kappa shape index (κ2) is 11.4. The number of nitrogens with one attached hydrogen (secondary N) is 2. The van der Waals surface area contributed by atoms with E-state index >= 15 is 0 Å². The first-order chi connectivity index (χ1) is 15.3. The fourth-order valence-electron chi connectivity index (χ4n) is 5.07. The fraction of sp³-hybridized carbons (Fsp3) is 0.600. The van der Waals surface area contributed by atoms with Gasteiger partial charge in [-0.05, 0) is 76.8 Å². The minimum Gasteiger partial charge on any atom is -0.355 e. The molecule has 2 aliphatic heterocycles. The van der Waals surface area contributed by atoms with Crippen molar-refractivity contribution in [3.8, 4) is 0 Å². The molecule has 0 atom stereocenters. The lowest BCUT2D eigenvalue weighted by Gasteiger charge is -2.41. The Morgan fingerprint density at radius 2 is 1.81 bits per heavy atom. The zero-order valence-electron chi connectivity index (χ0n) is 18.6. The van der Waals surface area contributed by atoms with Crippen molar-refractivity contribution in [1.29, 1.82) is 0 Å². The first kappa shape index (κ1) is 22.0. The molecule has 0 saturated carbocycles. The van der Waals surface area contributed by atoms with Crippen LogP contribution in [0.2, 0.25) is 0 Å². The van der Waals surface area contributed by atoms with E-state index in [1.54, 1.807) is 6.33 Å². The number of aromatic amines is 1. The van der Waals surface area contributed by atoms with Crippen molar-refractivity contribution in [3.05, 3.63) is 54.1 Å². The molecule has 31 heavy (non-hydrogen) atoms. The molecule has 2 aliphatic rings. The summed E-state index contributed by atoms with van der Waals surface area (Å²) in [5.74, 6) is 0.406. The Kier molecular flexibility index (Phi) is 8.13. The van der Waals surface area contributed by atoms with Crippen molar-refractivity contribution in [2.45, 2.75) is 51.0 Å². The van der Waals surface area contributed by atoms with Crippen LogP contribution < -0.4 is 5.32 Å². The van der Waals surface area contributed by atoms with E-state index in [0.29, 0.717) is 12.6 Å². The average molecular weight is 424 g/mol. The van der Waals surface area contributed by atoms with Crippen molar-refractivity contribution >= 4 is 5.91 Å². The molecule has 168 valence electrons. The van der Waals surface area contributed by atoms with Crippen LogP contribution in [-0.2, 0) is 17.6 Å². The van der Waals surface area contributed by atoms with Gasteiger partial charge in [0.05, 0.1) is 6.33 Å². The van der Waals surface area contributed by atoms with Gasteiger partial charge in [-0.2, -0.15) is 0 Å². The summed E-state index contributed by atoms with van der Waals surface area (Å²) in [6.45, 7) is 6.46. The number of imidazole rings is 1. The standard InChI is InChI=1S/C25H37N5O/c31-25(27-13-8-23-19-26-20-28-23)22-9-17-30(18-10-22)24-11-15-29(16-12-24)14-4-7-21-5-2-1-3-6-21/h1-3,5-6,19-20,22,24H,4,7-18H2,(H,26,28)(H,27,31). The van der Waals surface area contributed by atoms with E-state index in [1.165, 1.54) is 50.9 Å². The summed E-state index contributed by atoms with van der Waals surface area (Å²) in [6, 6.07) is 11.5. The Labute approximate surface area is 186 Å². The normalized spacial score (nSPS) is 19.5. The van der Waals surface area contributed by atoms with Gasteiger partial charge in [-0.25, -0.2) is 4.98 Å². The Morgan fingerprint density at radius 1 is 1.03 bits per heavy atom. The van der Waals surface area contributed by atoms with Crippen LogP contribution in [0.4, 0.5) is 0 Å². The van der Waals surface area contributed by atoms with Crippen LogP contribution in [0.15, 0.2) is 42.9 Å². The van der Waals surface area contributed by atoms with Crippen molar-refractivity contribution < 1.29 is 4.79 Å². The molecule has 2 saturated heterocycles. The molecule has 2 N–H and O–H groups in total. The van der Waals surface area contributed by atoms with Gasteiger partial charge >= 0.3 is 0 Å². The van der Waals surface area contributed by atoms with E-state index in [4.69, 9.17) is 0 Å². The van der Waals surface area contributed by atoms with Crippen LogP contribution in [0, 0.1) is 5.92 Å². The number of piperidine rings is 2. The Hall–Kier alpha value is -2.18. The molecule has 6 nitrogen and oxygen atoms in total. The van der Waals surface area contributed by atoms with E-state index in [1.807, 2.05) is 6.20 Å². The monoisotopic (exact) mass is 423 g/mol. The summed E-state index contributed by atoms with van der Waals surface area (Å²) in [5.41, 5.74) is 2.52.